The lowest BCUT2D eigenvalue weighted by Crippen LogP contribution is -1.98. The molecule has 130 valence electrons. The van der Waals surface area contributed by atoms with E-state index in [2.05, 4.69) is 58.4 Å². The maximum atomic E-state index is 6.11. The van der Waals surface area contributed by atoms with Gasteiger partial charge in [0.25, 0.3) is 0 Å². The van der Waals surface area contributed by atoms with Crippen LogP contribution in [0.15, 0.2) is 95.4 Å². The number of rotatable bonds is 3. The Kier molecular flexibility index (Phi) is 4.02. The number of fused-ring (bicyclic) bond motifs is 2. The van der Waals surface area contributed by atoms with Crippen LogP contribution in [-0.4, -0.2) is 4.98 Å². The number of pyridine rings is 1. The lowest BCUT2D eigenvalue weighted by atomic mass is 10.00. The van der Waals surface area contributed by atoms with Gasteiger partial charge in [0.2, 0.25) is 0 Å². The molecule has 2 heterocycles. The zero-order valence-corrected chi connectivity index (χ0v) is 16.1. The maximum absolute atomic E-state index is 6.11. The van der Waals surface area contributed by atoms with Crippen molar-refractivity contribution in [1.82, 2.24) is 4.98 Å². The smallest absolute Gasteiger partial charge is 0.134 e. The van der Waals surface area contributed by atoms with E-state index in [4.69, 9.17) is 9.40 Å². The van der Waals surface area contributed by atoms with Crippen LogP contribution in [-0.2, 0) is 0 Å². The molecule has 0 radical (unpaired) electrons. The normalized spacial score (nSPS) is 12.5. The Morgan fingerprint density at radius 3 is 2.26 bits per heavy atom. The van der Waals surface area contributed by atoms with Gasteiger partial charge in [-0.05, 0) is 24.3 Å². The molecule has 0 aliphatic rings. The highest BCUT2D eigenvalue weighted by Gasteiger charge is 2.21. The number of halogens is 1. The molecule has 27 heavy (non-hydrogen) atoms. The van der Waals surface area contributed by atoms with Gasteiger partial charge in [0, 0.05) is 21.9 Å². The van der Waals surface area contributed by atoms with Crippen LogP contribution in [0.25, 0.3) is 33.1 Å². The summed E-state index contributed by atoms with van der Waals surface area (Å²) in [5.41, 5.74) is 5.05. The van der Waals surface area contributed by atoms with E-state index < -0.39 is 0 Å². The summed E-state index contributed by atoms with van der Waals surface area (Å²) in [5, 5.41) is 2.22. The van der Waals surface area contributed by atoms with E-state index in [9.17, 15) is 0 Å². The van der Waals surface area contributed by atoms with Gasteiger partial charge in [0.1, 0.15) is 11.3 Å². The highest BCUT2D eigenvalue weighted by molar-refractivity contribution is 9.09. The van der Waals surface area contributed by atoms with Crippen molar-refractivity contribution >= 4 is 37.8 Å². The summed E-state index contributed by atoms with van der Waals surface area (Å²) in [5.74, 6) is 0.880. The Hall–Kier alpha value is -2.91. The average Bonchev–Trinajstić information content (AvgIpc) is 3.17. The second-order valence-electron chi connectivity index (χ2n) is 6.53. The van der Waals surface area contributed by atoms with Gasteiger partial charge < -0.3 is 4.42 Å². The number of hydrogen-bond donors (Lipinski definition) is 0. The molecule has 0 amide bonds. The van der Waals surface area contributed by atoms with Crippen molar-refractivity contribution in [3.05, 3.63) is 102 Å². The van der Waals surface area contributed by atoms with Crippen molar-refractivity contribution in [3.8, 4) is 11.3 Å². The quantitative estimate of drug-likeness (QED) is 0.294. The van der Waals surface area contributed by atoms with Crippen LogP contribution in [0.1, 0.15) is 16.2 Å². The molecule has 0 saturated carbocycles. The van der Waals surface area contributed by atoms with E-state index in [0.29, 0.717) is 0 Å². The molecule has 1 unspecified atom stereocenters. The molecule has 0 aliphatic heterocycles. The van der Waals surface area contributed by atoms with Crippen LogP contribution in [0, 0.1) is 0 Å². The number of para-hydroxylation sites is 2. The molecule has 5 aromatic rings. The Labute approximate surface area is 165 Å². The second kappa shape index (κ2) is 6.67. The first-order chi connectivity index (χ1) is 13.3. The number of furan rings is 1. The van der Waals surface area contributed by atoms with Gasteiger partial charge in [-0.3, -0.25) is 0 Å². The SMILES string of the molecule is BrC(c1cc2ccccc2o1)c1cc2ccccc2nc1-c1ccccc1. The van der Waals surface area contributed by atoms with E-state index in [-0.39, 0.29) is 4.83 Å². The third-order valence-electron chi connectivity index (χ3n) is 4.77. The van der Waals surface area contributed by atoms with Crippen LogP contribution in [0.4, 0.5) is 0 Å². The van der Waals surface area contributed by atoms with Crippen LogP contribution >= 0.6 is 15.9 Å². The molecule has 5 rings (SSSR count). The van der Waals surface area contributed by atoms with Crippen molar-refractivity contribution in [1.29, 1.82) is 0 Å². The fourth-order valence-electron chi connectivity index (χ4n) is 3.43. The topological polar surface area (TPSA) is 26.0 Å². The van der Waals surface area contributed by atoms with E-state index in [0.717, 1.165) is 44.5 Å². The minimum Gasteiger partial charge on any atom is -0.460 e. The fourth-order valence-corrected chi connectivity index (χ4v) is 4.01. The van der Waals surface area contributed by atoms with Gasteiger partial charge in [-0.15, -0.1) is 0 Å². The van der Waals surface area contributed by atoms with Crippen molar-refractivity contribution < 1.29 is 4.42 Å². The minimum atomic E-state index is -0.0859. The molecule has 2 nitrogen and oxygen atoms in total. The van der Waals surface area contributed by atoms with Crippen LogP contribution in [0.3, 0.4) is 0 Å². The number of hydrogen-bond acceptors (Lipinski definition) is 2. The van der Waals surface area contributed by atoms with E-state index in [1.54, 1.807) is 0 Å². The van der Waals surface area contributed by atoms with E-state index >= 15 is 0 Å². The van der Waals surface area contributed by atoms with Crippen LogP contribution < -0.4 is 0 Å². The molecule has 2 aromatic heterocycles. The van der Waals surface area contributed by atoms with E-state index in [1.807, 2.05) is 48.5 Å². The van der Waals surface area contributed by atoms with Gasteiger partial charge in [-0.25, -0.2) is 4.98 Å². The summed E-state index contributed by atoms with van der Waals surface area (Å²) in [6.07, 6.45) is 0. The van der Waals surface area contributed by atoms with Gasteiger partial charge in [0.05, 0.1) is 16.0 Å². The predicted octanol–water partition coefficient (Wildman–Crippen LogP) is 7.13. The molecule has 0 saturated heterocycles. The summed E-state index contributed by atoms with van der Waals surface area (Å²) >= 11 is 3.87. The first-order valence-corrected chi connectivity index (χ1v) is 9.79. The largest absolute Gasteiger partial charge is 0.460 e. The summed E-state index contributed by atoms with van der Waals surface area (Å²) in [6.45, 7) is 0. The molecule has 0 aliphatic carbocycles. The highest BCUT2D eigenvalue weighted by Crippen LogP contribution is 2.40. The van der Waals surface area contributed by atoms with E-state index in [1.165, 1.54) is 0 Å². The first kappa shape index (κ1) is 16.3. The lowest BCUT2D eigenvalue weighted by molar-refractivity contribution is 0.561. The summed E-state index contributed by atoms with van der Waals surface area (Å²) in [6, 6.07) is 30.9. The van der Waals surface area contributed by atoms with Crippen LogP contribution in [0.5, 0.6) is 0 Å². The standard InChI is InChI=1S/C24H16BrNO/c25-23(22-15-18-11-5-7-13-21(18)27-22)19-14-17-10-4-6-12-20(17)26-24(19)16-8-2-1-3-9-16/h1-15,23H. The molecular formula is C24H16BrNO. The third kappa shape index (κ3) is 2.94. The van der Waals surface area contributed by atoms with Crippen molar-refractivity contribution in [2.45, 2.75) is 4.83 Å². The Morgan fingerprint density at radius 1 is 0.741 bits per heavy atom. The predicted molar refractivity (Wildman–Crippen MR) is 114 cm³/mol. The Balaban J connectivity index is 1.72. The zero-order chi connectivity index (χ0) is 18.2. The van der Waals surface area contributed by atoms with Gasteiger partial charge in [0.15, 0.2) is 0 Å². The minimum absolute atomic E-state index is 0.0859. The summed E-state index contributed by atoms with van der Waals surface area (Å²) in [7, 11) is 0. The lowest BCUT2D eigenvalue weighted by Gasteiger charge is -2.14. The van der Waals surface area contributed by atoms with Crippen molar-refractivity contribution in [2.75, 3.05) is 0 Å². The Morgan fingerprint density at radius 2 is 1.44 bits per heavy atom. The second-order valence-corrected chi connectivity index (χ2v) is 7.45. The Bertz CT molecular complexity index is 1210. The number of alkyl halides is 1. The van der Waals surface area contributed by atoms with Crippen LogP contribution in [0.2, 0.25) is 0 Å². The molecule has 0 N–H and O–H groups in total. The summed E-state index contributed by atoms with van der Waals surface area (Å²) < 4.78 is 6.11. The molecule has 0 bridgehead atoms. The first-order valence-electron chi connectivity index (χ1n) is 8.87. The number of aromatic nitrogens is 1. The van der Waals surface area contributed by atoms with Gasteiger partial charge >= 0.3 is 0 Å². The fraction of sp³-hybridized carbons (Fsp3) is 0.0417. The van der Waals surface area contributed by atoms with Gasteiger partial charge in [-0.2, -0.15) is 0 Å². The zero-order valence-electron chi connectivity index (χ0n) is 14.5. The molecule has 0 spiro atoms. The highest BCUT2D eigenvalue weighted by atomic mass is 79.9. The number of nitrogens with zero attached hydrogens (tertiary/aromatic N) is 1. The molecule has 3 heteroatoms. The maximum Gasteiger partial charge on any atom is 0.134 e. The summed E-state index contributed by atoms with van der Waals surface area (Å²) in [4.78, 5) is 4.89. The number of benzene rings is 3. The van der Waals surface area contributed by atoms with Crippen molar-refractivity contribution in [3.63, 3.8) is 0 Å². The van der Waals surface area contributed by atoms with Crippen molar-refractivity contribution in [2.24, 2.45) is 0 Å². The molecular weight excluding hydrogens is 398 g/mol. The monoisotopic (exact) mass is 413 g/mol. The molecule has 1 atom stereocenters. The average molecular weight is 414 g/mol. The third-order valence-corrected chi connectivity index (χ3v) is 5.71. The molecule has 0 fully saturated rings. The van der Waals surface area contributed by atoms with Gasteiger partial charge in [-0.1, -0.05) is 82.7 Å². The molecule has 3 aromatic carbocycles.